The van der Waals surface area contributed by atoms with Gasteiger partial charge in [0.1, 0.15) is 11.5 Å². The molecule has 27 heavy (non-hydrogen) atoms. The van der Waals surface area contributed by atoms with Crippen LogP contribution in [0.3, 0.4) is 0 Å². The smallest absolute Gasteiger partial charge is 0.291 e. The number of carbonyl (C=O) groups is 1. The summed E-state index contributed by atoms with van der Waals surface area (Å²) in [5.74, 6) is 1.49. The highest BCUT2D eigenvalue weighted by atomic mass is 16.5. The summed E-state index contributed by atoms with van der Waals surface area (Å²) in [5.41, 5.74) is 2.14. The van der Waals surface area contributed by atoms with Crippen molar-refractivity contribution in [1.29, 1.82) is 0 Å². The molecule has 1 aliphatic rings. The second-order valence-electron chi connectivity index (χ2n) is 8.13. The molecule has 0 bridgehead atoms. The van der Waals surface area contributed by atoms with Crippen molar-refractivity contribution in [2.24, 2.45) is 5.41 Å². The highest BCUT2D eigenvalue weighted by molar-refractivity contribution is 6.03. The molecule has 3 rings (SSSR count). The Morgan fingerprint density at radius 3 is 2.70 bits per heavy atom. The van der Waals surface area contributed by atoms with E-state index in [4.69, 9.17) is 9.15 Å². The Labute approximate surface area is 160 Å². The van der Waals surface area contributed by atoms with Crippen molar-refractivity contribution < 1.29 is 19.1 Å². The normalized spacial score (nSPS) is 18.0. The lowest BCUT2D eigenvalue weighted by Gasteiger charge is -2.31. The molecule has 1 aromatic carbocycles. The number of ether oxygens (including phenoxy) is 1. The highest BCUT2D eigenvalue weighted by Crippen LogP contribution is 2.44. The van der Waals surface area contributed by atoms with Gasteiger partial charge < -0.3 is 19.6 Å². The SMILES string of the molecule is CCCCOc1ccc(NC(=O)c2oc3c(c2C)C(O)CC(C)(C)C3)cc1. The van der Waals surface area contributed by atoms with Crippen molar-refractivity contribution >= 4 is 11.6 Å². The quantitative estimate of drug-likeness (QED) is 0.699. The van der Waals surface area contributed by atoms with Gasteiger partial charge in [0.2, 0.25) is 0 Å². The molecule has 1 atom stereocenters. The summed E-state index contributed by atoms with van der Waals surface area (Å²) in [6.07, 6.45) is 2.91. The minimum Gasteiger partial charge on any atom is -0.494 e. The Kier molecular flexibility index (Phi) is 5.61. The van der Waals surface area contributed by atoms with Crippen molar-refractivity contribution in [3.05, 3.63) is 46.9 Å². The van der Waals surface area contributed by atoms with Gasteiger partial charge in [0, 0.05) is 23.2 Å². The average molecular weight is 371 g/mol. The lowest BCUT2D eigenvalue weighted by molar-refractivity contribution is 0.0910. The minimum atomic E-state index is -0.589. The van der Waals surface area contributed by atoms with Crippen LogP contribution in [0.25, 0.3) is 0 Å². The molecule has 1 unspecified atom stereocenters. The van der Waals surface area contributed by atoms with Crippen LogP contribution < -0.4 is 10.1 Å². The van der Waals surface area contributed by atoms with E-state index < -0.39 is 6.10 Å². The number of hydrogen-bond donors (Lipinski definition) is 2. The fourth-order valence-corrected chi connectivity index (χ4v) is 3.66. The maximum absolute atomic E-state index is 12.7. The van der Waals surface area contributed by atoms with Crippen molar-refractivity contribution in [3.8, 4) is 5.75 Å². The van der Waals surface area contributed by atoms with Gasteiger partial charge in [-0.3, -0.25) is 4.79 Å². The van der Waals surface area contributed by atoms with Crippen LogP contribution in [0.5, 0.6) is 5.75 Å². The summed E-state index contributed by atoms with van der Waals surface area (Å²) >= 11 is 0. The Bertz CT molecular complexity index is 804. The van der Waals surface area contributed by atoms with E-state index in [1.54, 1.807) is 0 Å². The number of carbonyl (C=O) groups excluding carboxylic acids is 1. The Morgan fingerprint density at radius 1 is 1.33 bits per heavy atom. The average Bonchev–Trinajstić information content (AvgIpc) is 2.92. The summed E-state index contributed by atoms with van der Waals surface area (Å²) in [5, 5.41) is 13.3. The molecular formula is C22H29NO4. The van der Waals surface area contributed by atoms with Crippen LogP contribution >= 0.6 is 0 Å². The van der Waals surface area contributed by atoms with Crippen LogP contribution in [0.2, 0.25) is 0 Å². The lowest BCUT2D eigenvalue weighted by Crippen LogP contribution is -2.24. The first-order valence-corrected chi connectivity index (χ1v) is 9.65. The molecule has 0 radical (unpaired) electrons. The van der Waals surface area contributed by atoms with Crippen molar-refractivity contribution in [2.45, 2.75) is 59.5 Å². The highest BCUT2D eigenvalue weighted by Gasteiger charge is 2.37. The second-order valence-corrected chi connectivity index (χ2v) is 8.13. The lowest BCUT2D eigenvalue weighted by atomic mass is 9.75. The first-order chi connectivity index (χ1) is 12.8. The molecule has 5 heteroatoms. The van der Waals surface area contributed by atoms with Gasteiger partial charge in [-0.25, -0.2) is 0 Å². The monoisotopic (exact) mass is 371 g/mol. The molecule has 5 nitrogen and oxygen atoms in total. The second kappa shape index (κ2) is 7.77. The third kappa shape index (κ3) is 4.35. The van der Waals surface area contributed by atoms with E-state index in [-0.39, 0.29) is 17.1 Å². The topological polar surface area (TPSA) is 71.7 Å². The van der Waals surface area contributed by atoms with Gasteiger partial charge >= 0.3 is 0 Å². The number of anilines is 1. The Hall–Kier alpha value is -2.27. The van der Waals surface area contributed by atoms with Gasteiger partial charge in [-0.2, -0.15) is 0 Å². The number of fused-ring (bicyclic) bond motifs is 1. The molecular weight excluding hydrogens is 342 g/mol. The van der Waals surface area contributed by atoms with Crippen LogP contribution in [0, 0.1) is 12.3 Å². The largest absolute Gasteiger partial charge is 0.494 e. The number of nitrogens with one attached hydrogen (secondary N) is 1. The first-order valence-electron chi connectivity index (χ1n) is 9.65. The standard InChI is InChI=1S/C22H29NO4/c1-5-6-11-26-16-9-7-15(8-10-16)23-21(25)20-14(2)19-17(24)12-22(3,4)13-18(19)27-20/h7-10,17,24H,5-6,11-13H2,1-4H3,(H,23,25). The predicted octanol–water partition coefficient (Wildman–Crippen LogP) is 5.03. The van der Waals surface area contributed by atoms with Gasteiger partial charge in [0.15, 0.2) is 5.76 Å². The summed E-state index contributed by atoms with van der Waals surface area (Å²) in [4.78, 5) is 12.7. The molecule has 1 heterocycles. The van der Waals surface area contributed by atoms with Crippen LogP contribution in [-0.4, -0.2) is 17.6 Å². The van der Waals surface area contributed by atoms with E-state index in [9.17, 15) is 9.90 Å². The fourth-order valence-electron chi connectivity index (χ4n) is 3.66. The van der Waals surface area contributed by atoms with E-state index in [0.29, 0.717) is 18.7 Å². The number of benzene rings is 1. The summed E-state index contributed by atoms with van der Waals surface area (Å²) in [6.45, 7) is 8.85. The van der Waals surface area contributed by atoms with Crippen LogP contribution in [-0.2, 0) is 6.42 Å². The molecule has 1 amide bonds. The van der Waals surface area contributed by atoms with E-state index in [1.165, 1.54) is 0 Å². The predicted molar refractivity (Wildman–Crippen MR) is 105 cm³/mol. The van der Waals surface area contributed by atoms with Gasteiger partial charge in [0.05, 0.1) is 12.7 Å². The Balaban J connectivity index is 1.72. The number of furan rings is 1. The molecule has 0 aliphatic heterocycles. The molecule has 1 aromatic heterocycles. The minimum absolute atomic E-state index is 0.0436. The number of aliphatic hydroxyl groups is 1. The molecule has 0 saturated heterocycles. The number of unbranched alkanes of at least 4 members (excludes halogenated alkanes) is 1. The van der Waals surface area contributed by atoms with Gasteiger partial charge in [-0.15, -0.1) is 0 Å². The summed E-state index contributed by atoms with van der Waals surface area (Å²) in [7, 11) is 0. The van der Waals surface area contributed by atoms with E-state index in [2.05, 4.69) is 26.1 Å². The maximum Gasteiger partial charge on any atom is 0.291 e. The van der Waals surface area contributed by atoms with Crippen molar-refractivity contribution in [2.75, 3.05) is 11.9 Å². The molecule has 2 N–H and O–H groups in total. The van der Waals surface area contributed by atoms with Gasteiger partial charge in [-0.05, 0) is 49.4 Å². The molecule has 1 aliphatic carbocycles. The zero-order chi connectivity index (χ0) is 19.6. The summed E-state index contributed by atoms with van der Waals surface area (Å²) in [6, 6.07) is 7.32. The summed E-state index contributed by atoms with van der Waals surface area (Å²) < 4.78 is 11.5. The molecule has 0 fully saturated rings. The van der Waals surface area contributed by atoms with Crippen LogP contribution in [0.1, 0.15) is 73.6 Å². The van der Waals surface area contributed by atoms with Gasteiger partial charge in [-0.1, -0.05) is 27.2 Å². The molecule has 0 spiro atoms. The molecule has 0 saturated carbocycles. The zero-order valence-electron chi connectivity index (χ0n) is 16.6. The first kappa shape index (κ1) is 19.5. The molecule has 146 valence electrons. The third-order valence-electron chi connectivity index (χ3n) is 5.07. The van der Waals surface area contributed by atoms with E-state index >= 15 is 0 Å². The van der Waals surface area contributed by atoms with Crippen LogP contribution in [0.4, 0.5) is 5.69 Å². The fraction of sp³-hybridized carbons (Fsp3) is 0.500. The number of rotatable bonds is 6. The van der Waals surface area contributed by atoms with E-state index in [0.717, 1.165) is 41.9 Å². The number of aliphatic hydroxyl groups excluding tert-OH is 1. The zero-order valence-corrected chi connectivity index (χ0v) is 16.6. The number of amides is 1. The third-order valence-corrected chi connectivity index (χ3v) is 5.07. The van der Waals surface area contributed by atoms with Crippen molar-refractivity contribution in [3.63, 3.8) is 0 Å². The maximum atomic E-state index is 12.7. The van der Waals surface area contributed by atoms with Crippen molar-refractivity contribution in [1.82, 2.24) is 0 Å². The number of hydrogen-bond acceptors (Lipinski definition) is 4. The van der Waals surface area contributed by atoms with Gasteiger partial charge in [0.25, 0.3) is 5.91 Å². The van der Waals surface area contributed by atoms with E-state index in [1.807, 2.05) is 31.2 Å². The van der Waals surface area contributed by atoms with Crippen LogP contribution in [0.15, 0.2) is 28.7 Å². The Morgan fingerprint density at radius 2 is 2.04 bits per heavy atom. The molecule has 2 aromatic rings.